The Kier molecular flexibility index (Phi) is 5.61. The van der Waals surface area contributed by atoms with Gasteiger partial charge in [-0.25, -0.2) is 4.98 Å². The van der Waals surface area contributed by atoms with Gasteiger partial charge in [-0.05, 0) is 30.3 Å². The Morgan fingerprint density at radius 1 is 1.04 bits per heavy atom. The van der Waals surface area contributed by atoms with E-state index in [1.54, 1.807) is 30.3 Å². The van der Waals surface area contributed by atoms with Gasteiger partial charge in [0.05, 0.1) is 15.8 Å². The monoisotopic (exact) mass is 406 g/mol. The van der Waals surface area contributed by atoms with Gasteiger partial charge in [0, 0.05) is 41.0 Å². The number of benzene rings is 1. The molecule has 0 atom stereocenters. The first kappa shape index (κ1) is 18.5. The Morgan fingerprint density at radius 3 is 2.42 bits per heavy atom. The zero-order valence-corrected chi connectivity index (χ0v) is 15.6. The van der Waals surface area contributed by atoms with Crippen molar-refractivity contribution in [3.63, 3.8) is 0 Å². The normalized spacial score (nSPS) is 10.6. The number of anilines is 1. The summed E-state index contributed by atoms with van der Waals surface area (Å²) in [7, 11) is 0. The largest absolute Gasteiger partial charge is 0.489 e. The number of halogens is 3. The van der Waals surface area contributed by atoms with Gasteiger partial charge >= 0.3 is 0 Å². The second-order valence-corrected chi connectivity index (χ2v) is 6.57. The number of pyridine rings is 2. The quantitative estimate of drug-likeness (QED) is 0.353. The molecule has 0 radical (unpaired) electrons. The first-order valence-electron chi connectivity index (χ1n) is 7.46. The zero-order valence-electron chi connectivity index (χ0n) is 13.3. The van der Waals surface area contributed by atoms with Crippen molar-refractivity contribution < 1.29 is 4.74 Å². The fourth-order valence-corrected chi connectivity index (χ4v) is 2.84. The van der Waals surface area contributed by atoms with Crippen LogP contribution in [-0.4, -0.2) is 15.7 Å². The smallest absolute Gasteiger partial charge is 0.129 e. The molecule has 3 aromatic rings. The number of nitrogen functional groups attached to an aromatic ring is 1. The summed E-state index contributed by atoms with van der Waals surface area (Å²) in [6, 6.07) is 8.42. The highest BCUT2D eigenvalue weighted by Crippen LogP contribution is 2.27. The van der Waals surface area contributed by atoms with E-state index in [-0.39, 0.29) is 12.3 Å². The van der Waals surface area contributed by atoms with Crippen molar-refractivity contribution in [2.24, 2.45) is 0 Å². The van der Waals surface area contributed by atoms with Gasteiger partial charge in [-0.3, -0.25) is 10.4 Å². The van der Waals surface area contributed by atoms with Gasteiger partial charge < -0.3 is 10.5 Å². The summed E-state index contributed by atoms with van der Waals surface area (Å²) in [5, 5.41) is 9.58. The minimum Gasteiger partial charge on any atom is -0.489 e. The fourth-order valence-electron chi connectivity index (χ4n) is 2.25. The third-order valence-electron chi connectivity index (χ3n) is 3.65. The van der Waals surface area contributed by atoms with Crippen LogP contribution >= 0.6 is 34.8 Å². The molecule has 0 amide bonds. The molecule has 0 fully saturated rings. The lowest BCUT2D eigenvalue weighted by molar-refractivity contribution is 0.306. The lowest BCUT2D eigenvalue weighted by atomic mass is 10.0. The summed E-state index contributed by atoms with van der Waals surface area (Å²) in [5.41, 5.74) is 8.46. The van der Waals surface area contributed by atoms with E-state index >= 15 is 0 Å². The summed E-state index contributed by atoms with van der Waals surface area (Å²) < 4.78 is 5.77. The minimum absolute atomic E-state index is 0.166. The third-order valence-corrected chi connectivity index (χ3v) is 4.52. The molecule has 2 aromatic heterocycles. The number of aromatic nitrogens is 2. The Morgan fingerprint density at radius 2 is 1.77 bits per heavy atom. The second-order valence-electron chi connectivity index (χ2n) is 5.36. The number of nitrogens with two attached hydrogens (primary N) is 1. The van der Waals surface area contributed by atoms with Gasteiger partial charge in [-0.1, -0.05) is 34.8 Å². The predicted molar refractivity (Wildman–Crippen MR) is 105 cm³/mol. The van der Waals surface area contributed by atoms with Crippen molar-refractivity contribution in [2.75, 3.05) is 5.73 Å². The number of hydrogen-bond donors (Lipinski definition) is 2. The van der Waals surface area contributed by atoms with E-state index in [4.69, 9.17) is 50.7 Å². The molecule has 26 heavy (non-hydrogen) atoms. The molecule has 0 aliphatic heterocycles. The van der Waals surface area contributed by atoms with Crippen molar-refractivity contribution in [2.45, 2.75) is 6.61 Å². The van der Waals surface area contributed by atoms with Crippen LogP contribution in [0.1, 0.15) is 16.7 Å². The van der Waals surface area contributed by atoms with Gasteiger partial charge in [-0.15, -0.1) is 0 Å². The molecular weight excluding hydrogens is 395 g/mol. The highest BCUT2D eigenvalue weighted by Gasteiger charge is 2.12. The van der Waals surface area contributed by atoms with Crippen molar-refractivity contribution in [1.29, 1.82) is 5.41 Å². The van der Waals surface area contributed by atoms with Crippen LogP contribution in [0.3, 0.4) is 0 Å². The van der Waals surface area contributed by atoms with Crippen molar-refractivity contribution in [1.82, 2.24) is 9.97 Å². The molecule has 1 aromatic carbocycles. The van der Waals surface area contributed by atoms with E-state index in [1.807, 2.05) is 0 Å². The van der Waals surface area contributed by atoms with Gasteiger partial charge in [0.15, 0.2) is 0 Å². The Bertz CT molecular complexity index is 941. The molecule has 0 aliphatic rings. The maximum atomic E-state index is 8.37. The summed E-state index contributed by atoms with van der Waals surface area (Å²) in [4.78, 5) is 7.90. The molecule has 3 N–H and O–H groups in total. The molecule has 8 heteroatoms. The SMILES string of the molecule is N=C(c1ccc(Cl)nc1)c1cc(OCc2c(Cl)cncc2Cl)ccc1N. The highest BCUT2D eigenvalue weighted by molar-refractivity contribution is 6.35. The number of nitrogens with zero attached hydrogens (tertiary/aromatic N) is 2. The van der Waals surface area contributed by atoms with Crippen LogP contribution < -0.4 is 10.5 Å². The zero-order chi connectivity index (χ0) is 18.7. The summed E-state index contributed by atoms with van der Waals surface area (Å²) in [6.45, 7) is 0.166. The van der Waals surface area contributed by atoms with Gasteiger partial charge in [0.2, 0.25) is 0 Å². The predicted octanol–water partition coefficient (Wildman–Crippen LogP) is 5.01. The molecule has 0 aliphatic carbocycles. The average Bonchev–Trinajstić information content (AvgIpc) is 2.62. The highest BCUT2D eigenvalue weighted by atomic mass is 35.5. The van der Waals surface area contributed by atoms with E-state index in [0.717, 1.165) is 0 Å². The first-order valence-corrected chi connectivity index (χ1v) is 8.60. The van der Waals surface area contributed by atoms with Crippen LogP contribution in [0.2, 0.25) is 15.2 Å². The van der Waals surface area contributed by atoms with E-state index in [2.05, 4.69) is 9.97 Å². The summed E-state index contributed by atoms with van der Waals surface area (Å²) >= 11 is 18.0. The van der Waals surface area contributed by atoms with E-state index in [9.17, 15) is 0 Å². The molecule has 2 heterocycles. The molecule has 0 saturated carbocycles. The molecule has 0 unspecified atom stereocenters. The van der Waals surface area contributed by atoms with Crippen LogP contribution in [0.15, 0.2) is 48.9 Å². The maximum absolute atomic E-state index is 8.37. The standard InChI is InChI=1S/C18H13Cl3N4O/c19-14-7-24-8-15(20)13(14)9-26-11-2-3-16(22)12(5-11)18(23)10-1-4-17(21)25-6-10/h1-8,23H,9,22H2. The first-order chi connectivity index (χ1) is 12.5. The van der Waals surface area contributed by atoms with Crippen LogP contribution in [-0.2, 0) is 6.61 Å². The van der Waals surface area contributed by atoms with Gasteiger partial charge in [0.1, 0.15) is 17.5 Å². The van der Waals surface area contributed by atoms with Crippen molar-refractivity contribution in [3.05, 3.63) is 80.8 Å². The molecule has 0 bridgehead atoms. The van der Waals surface area contributed by atoms with Crippen LogP contribution in [0.4, 0.5) is 5.69 Å². The lowest BCUT2D eigenvalue weighted by Gasteiger charge is -2.12. The van der Waals surface area contributed by atoms with Crippen molar-refractivity contribution in [3.8, 4) is 5.75 Å². The Balaban J connectivity index is 1.83. The van der Waals surface area contributed by atoms with E-state index in [1.165, 1.54) is 18.6 Å². The lowest BCUT2D eigenvalue weighted by Crippen LogP contribution is -2.07. The molecular formula is C18H13Cl3N4O. The van der Waals surface area contributed by atoms with Crippen LogP contribution in [0, 0.1) is 5.41 Å². The van der Waals surface area contributed by atoms with Crippen LogP contribution in [0.25, 0.3) is 0 Å². The number of rotatable bonds is 5. The topological polar surface area (TPSA) is 84.9 Å². The van der Waals surface area contributed by atoms with E-state index < -0.39 is 0 Å². The molecule has 132 valence electrons. The Labute approximate surface area is 165 Å². The minimum atomic E-state index is 0.166. The average molecular weight is 408 g/mol. The molecule has 5 nitrogen and oxygen atoms in total. The van der Waals surface area contributed by atoms with Gasteiger partial charge in [0.25, 0.3) is 0 Å². The third kappa shape index (κ3) is 4.07. The fraction of sp³-hybridized carbons (Fsp3) is 0.0556. The number of nitrogens with one attached hydrogen (secondary N) is 1. The summed E-state index contributed by atoms with van der Waals surface area (Å²) in [5.74, 6) is 0.532. The van der Waals surface area contributed by atoms with Crippen molar-refractivity contribution >= 4 is 46.2 Å². The Hall–Kier alpha value is -2.34. The molecule has 0 saturated heterocycles. The van der Waals surface area contributed by atoms with Crippen LogP contribution in [0.5, 0.6) is 5.75 Å². The molecule has 3 rings (SSSR count). The van der Waals surface area contributed by atoms with Gasteiger partial charge in [-0.2, -0.15) is 0 Å². The second kappa shape index (κ2) is 7.91. The maximum Gasteiger partial charge on any atom is 0.129 e. The van der Waals surface area contributed by atoms with E-state index in [0.29, 0.717) is 43.3 Å². The summed E-state index contributed by atoms with van der Waals surface area (Å²) in [6.07, 6.45) is 4.53. The number of ether oxygens (including phenoxy) is 1. The number of hydrogen-bond acceptors (Lipinski definition) is 5. The molecule has 0 spiro atoms.